The van der Waals surface area contributed by atoms with Crippen LogP contribution in [0.25, 0.3) is 11.4 Å². The zero-order chi connectivity index (χ0) is 13.0. The van der Waals surface area contributed by atoms with Gasteiger partial charge in [0.1, 0.15) is 6.61 Å². The van der Waals surface area contributed by atoms with Crippen molar-refractivity contribution in [3.63, 3.8) is 0 Å². The van der Waals surface area contributed by atoms with Gasteiger partial charge in [-0.2, -0.15) is 4.98 Å². The van der Waals surface area contributed by atoms with Crippen LogP contribution in [0.3, 0.4) is 0 Å². The van der Waals surface area contributed by atoms with E-state index in [0.717, 1.165) is 5.56 Å². The Bertz CT molecular complexity index is 594. The maximum atomic E-state index is 10.2. The fraction of sp³-hybridized carbons (Fsp3) is 0.222. The lowest BCUT2D eigenvalue weighted by Crippen LogP contribution is -2.35. The van der Waals surface area contributed by atoms with Crippen LogP contribution in [0.1, 0.15) is 0 Å². The van der Waals surface area contributed by atoms with E-state index in [1.807, 2.05) is 0 Å². The molecule has 0 N–H and O–H groups in total. The van der Waals surface area contributed by atoms with E-state index in [1.54, 1.807) is 29.1 Å². The van der Waals surface area contributed by atoms with E-state index in [2.05, 4.69) is 18.8 Å². The largest absolute Gasteiger partial charge is 0.726 e. The molecule has 96 valence electrons. The fourth-order valence-corrected chi connectivity index (χ4v) is 1.58. The Morgan fingerprint density at radius 3 is 2.67 bits per heavy atom. The molecule has 0 aliphatic heterocycles. The molecule has 2 aromatic rings. The number of hydrogen-bond donors (Lipinski definition) is 0. The third-order valence-corrected chi connectivity index (χ3v) is 2.54. The maximum Gasteiger partial charge on any atom is 0.217 e. The first-order valence-electron chi connectivity index (χ1n) is 4.91. The molecule has 0 aliphatic rings. The minimum Gasteiger partial charge on any atom is -0.726 e. The third-order valence-electron chi connectivity index (χ3n) is 2.09. The summed E-state index contributed by atoms with van der Waals surface area (Å²) in [7, 11) is -4.63. The molecule has 0 aromatic carbocycles. The second kappa shape index (κ2) is 5.21. The van der Waals surface area contributed by atoms with E-state index in [4.69, 9.17) is 0 Å². The lowest BCUT2D eigenvalue weighted by molar-refractivity contribution is -0.697. The number of aromatic nitrogens is 3. The Hall–Kier alpha value is -1.84. The third kappa shape index (κ3) is 3.58. The molecule has 0 amide bonds. The zero-order valence-electron chi connectivity index (χ0n) is 9.09. The highest BCUT2D eigenvalue weighted by atomic mass is 32.3. The molecule has 0 atom stereocenters. The first-order valence-corrected chi connectivity index (χ1v) is 6.24. The Kier molecular flexibility index (Phi) is 3.65. The smallest absolute Gasteiger partial charge is 0.217 e. The van der Waals surface area contributed by atoms with Crippen molar-refractivity contribution < 1.29 is 26.2 Å². The summed E-state index contributed by atoms with van der Waals surface area (Å²) in [4.78, 5) is 3.88. The molecule has 2 rings (SSSR count). The molecule has 8 nitrogen and oxygen atoms in total. The minimum atomic E-state index is -4.63. The summed E-state index contributed by atoms with van der Waals surface area (Å²) in [6.45, 7) is 0.0338. The van der Waals surface area contributed by atoms with Crippen LogP contribution in [0, 0.1) is 0 Å². The average molecular weight is 271 g/mol. The molecule has 0 bridgehead atoms. The van der Waals surface area contributed by atoms with Crippen LogP contribution >= 0.6 is 0 Å². The summed E-state index contributed by atoms with van der Waals surface area (Å²) in [6, 6.07) is 3.47. The lowest BCUT2D eigenvalue weighted by atomic mass is 10.2. The zero-order valence-corrected chi connectivity index (χ0v) is 9.91. The summed E-state index contributed by atoms with van der Waals surface area (Å²) < 4.78 is 41.0. The highest BCUT2D eigenvalue weighted by molar-refractivity contribution is 7.80. The number of pyridine rings is 1. The second-order valence-electron chi connectivity index (χ2n) is 3.31. The standard InChI is InChI=1S/C9H9N3O5S/c13-18(14,15)17-6-5-12-3-1-8(2-4-12)9-10-7-16-11-9/h1-4,7H,5-6H2. The molecule has 0 radical (unpaired) electrons. The van der Waals surface area contributed by atoms with Crippen LogP contribution in [-0.4, -0.2) is 29.7 Å². The SMILES string of the molecule is O=S(=O)([O-])OCC[n+]1ccc(-c2ncon2)cc1. The van der Waals surface area contributed by atoms with Crippen molar-refractivity contribution in [2.24, 2.45) is 0 Å². The van der Waals surface area contributed by atoms with Crippen LogP contribution in [-0.2, 0) is 21.1 Å². The molecular formula is C9H9N3O5S. The fourth-order valence-electron chi connectivity index (χ4n) is 1.30. The van der Waals surface area contributed by atoms with Crippen molar-refractivity contribution in [2.45, 2.75) is 6.54 Å². The Morgan fingerprint density at radius 2 is 2.11 bits per heavy atom. The van der Waals surface area contributed by atoms with Crippen molar-refractivity contribution >= 4 is 10.4 Å². The van der Waals surface area contributed by atoms with Crippen LogP contribution in [0.2, 0.25) is 0 Å². The summed E-state index contributed by atoms with van der Waals surface area (Å²) in [5.74, 6) is 0.459. The van der Waals surface area contributed by atoms with E-state index >= 15 is 0 Å². The maximum absolute atomic E-state index is 10.2. The quantitative estimate of drug-likeness (QED) is 0.409. The van der Waals surface area contributed by atoms with Gasteiger partial charge in [0, 0.05) is 17.7 Å². The molecule has 2 aromatic heterocycles. The van der Waals surface area contributed by atoms with E-state index in [9.17, 15) is 13.0 Å². The Labute approximate surface area is 103 Å². The minimum absolute atomic E-state index is 0.210. The topological polar surface area (TPSA) is 109 Å². The molecule has 18 heavy (non-hydrogen) atoms. The molecule has 0 saturated heterocycles. The van der Waals surface area contributed by atoms with Crippen LogP contribution in [0.15, 0.2) is 35.4 Å². The molecule has 0 unspecified atom stereocenters. The normalized spacial score (nSPS) is 11.6. The van der Waals surface area contributed by atoms with Gasteiger partial charge < -0.3 is 9.08 Å². The molecule has 9 heteroatoms. The summed E-state index contributed by atoms with van der Waals surface area (Å²) in [6.07, 6.45) is 4.60. The molecule has 0 spiro atoms. The van der Waals surface area contributed by atoms with Gasteiger partial charge in [0.05, 0.1) is 0 Å². The molecular weight excluding hydrogens is 262 g/mol. The Morgan fingerprint density at radius 1 is 1.39 bits per heavy atom. The first-order chi connectivity index (χ1) is 8.54. The van der Waals surface area contributed by atoms with Gasteiger partial charge in [-0.3, -0.25) is 4.18 Å². The number of rotatable bonds is 5. The highest BCUT2D eigenvalue weighted by Gasteiger charge is 2.06. The van der Waals surface area contributed by atoms with Gasteiger partial charge in [-0.25, -0.2) is 13.0 Å². The molecule has 2 heterocycles. The van der Waals surface area contributed by atoms with E-state index in [0.29, 0.717) is 5.82 Å². The van der Waals surface area contributed by atoms with Gasteiger partial charge in [0.15, 0.2) is 18.9 Å². The van der Waals surface area contributed by atoms with Crippen molar-refractivity contribution in [3.8, 4) is 11.4 Å². The first kappa shape index (κ1) is 12.6. The van der Waals surface area contributed by atoms with Crippen molar-refractivity contribution in [2.75, 3.05) is 6.61 Å². The van der Waals surface area contributed by atoms with Crippen LogP contribution in [0.4, 0.5) is 0 Å². The predicted octanol–water partition coefficient (Wildman–Crippen LogP) is -0.499. The average Bonchev–Trinajstić information content (AvgIpc) is 2.82. The molecule has 0 saturated carbocycles. The monoisotopic (exact) mass is 271 g/mol. The van der Waals surface area contributed by atoms with Gasteiger partial charge in [-0.1, -0.05) is 5.16 Å². The van der Waals surface area contributed by atoms with Crippen molar-refractivity contribution in [1.29, 1.82) is 0 Å². The lowest BCUT2D eigenvalue weighted by Gasteiger charge is -2.05. The predicted molar refractivity (Wildman–Crippen MR) is 55.6 cm³/mol. The summed E-state index contributed by atoms with van der Waals surface area (Å²) in [5.41, 5.74) is 0.761. The van der Waals surface area contributed by atoms with E-state index in [1.165, 1.54) is 6.39 Å². The van der Waals surface area contributed by atoms with Gasteiger partial charge in [0.25, 0.3) is 0 Å². The van der Waals surface area contributed by atoms with E-state index in [-0.39, 0.29) is 13.2 Å². The van der Waals surface area contributed by atoms with Crippen molar-refractivity contribution in [3.05, 3.63) is 30.9 Å². The Balaban J connectivity index is 1.96. The second-order valence-corrected chi connectivity index (χ2v) is 4.36. The van der Waals surface area contributed by atoms with Crippen molar-refractivity contribution in [1.82, 2.24) is 10.1 Å². The number of nitrogens with zero attached hydrogens (tertiary/aromatic N) is 3. The van der Waals surface area contributed by atoms with Crippen LogP contribution in [0.5, 0.6) is 0 Å². The highest BCUT2D eigenvalue weighted by Crippen LogP contribution is 2.10. The van der Waals surface area contributed by atoms with Gasteiger partial charge in [0.2, 0.25) is 22.6 Å². The molecule has 0 aliphatic carbocycles. The summed E-state index contributed by atoms with van der Waals surface area (Å²) >= 11 is 0. The van der Waals surface area contributed by atoms with Gasteiger partial charge >= 0.3 is 0 Å². The van der Waals surface area contributed by atoms with E-state index < -0.39 is 10.4 Å². The molecule has 0 fully saturated rings. The van der Waals surface area contributed by atoms with Crippen LogP contribution < -0.4 is 4.57 Å². The number of hydrogen-bond acceptors (Lipinski definition) is 7. The summed E-state index contributed by atoms with van der Waals surface area (Å²) in [5, 5.41) is 3.67. The van der Waals surface area contributed by atoms with Gasteiger partial charge in [-0.15, -0.1) is 0 Å². The van der Waals surface area contributed by atoms with Gasteiger partial charge in [-0.05, 0) is 0 Å².